The van der Waals surface area contributed by atoms with Crippen LogP contribution in [0.25, 0.3) is 17.0 Å². The summed E-state index contributed by atoms with van der Waals surface area (Å²) in [5.74, 6) is 0. The summed E-state index contributed by atoms with van der Waals surface area (Å²) in [6, 6.07) is 15.2. The molecule has 0 aliphatic carbocycles. The van der Waals surface area contributed by atoms with Crippen LogP contribution in [0, 0.1) is 0 Å². The summed E-state index contributed by atoms with van der Waals surface area (Å²) in [5, 5.41) is 0.878. The van der Waals surface area contributed by atoms with Gasteiger partial charge in [-0.05, 0) is 29.7 Å². The van der Waals surface area contributed by atoms with Crippen molar-refractivity contribution in [2.24, 2.45) is 5.73 Å². The molecule has 0 amide bonds. The zero-order valence-electron chi connectivity index (χ0n) is 13.1. The van der Waals surface area contributed by atoms with E-state index in [2.05, 4.69) is 6.58 Å². The second kappa shape index (κ2) is 6.23. The predicted molar refractivity (Wildman–Crippen MR) is 94.4 cm³/mol. The fourth-order valence-corrected chi connectivity index (χ4v) is 2.98. The molecule has 0 fully saturated rings. The first-order valence-electron chi connectivity index (χ1n) is 7.62. The molecule has 0 saturated heterocycles. The third-order valence-electron chi connectivity index (χ3n) is 4.00. The smallest absolute Gasteiger partial charge is 0.340 e. The normalized spacial score (nSPS) is 12.3. The van der Waals surface area contributed by atoms with Crippen molar-refractivity contribution in [2.45, 2.75) is 19.4 Å². The van der Waals surface area contributed by atoms with Crippen LogP contribution in [0.2, 0.25) is 0 Å². The summed E-state index contributed by atoms with van der Waals surface area (Å²) < 4.78 is 5.54. The quantitative estimate of drug-likeness (QED) is 0.740. The topological polar surface area (TPSA) is 56.2 Å². The minimum Gasteiger partial charge on any atom is -0.422 e. The van der Waals surface area contributed by atoms with Crippen LogP contribution in [0.1, 0.15) is 35.2 Å². The van der Waals surface area contributed by atoms with Crippen molar-refractivity contribution in [3.63, 3.8) is 0 Å². The van der Waals surface area contributed by atoms with Crippen molar-refractivity contribution >= 4 is 17.0 Å². The van der Waals surface area contributed by atoms with Crippen molar-refractivity contribution in [3.8, 4) is 0 Å². The maximum absolute atomic E-state index is 12.5. The van der Waals surface area contributed by atoms with E-state index >= 15 is 0 Å². The summed E-state index contributed by atoms with van der Waals surface area (Å²) in [6.45, 7) is 5.75. The summed E-state index contributed by atoms with van der Waals surface area (Å²) in [7, 11) is 0. The van der Waals surface area contributed by atoms with Gasteiger partial charge in [0.05, 0.1) is 0 Å². The Hall–Kier alpha value is -2.65. The van der Waals surface area contributed by atoms with E-state index in [0.29, 0.717) is 17.6 Å². The third-order valence-corrected chi connectivity index (χ3v) is 4.00. The monoisotopic (exact) mass is 305 g/mol. The Kier molecular flexibility index (Phi) is 4.13. The predicted octanol–water partition coefficient (Wildman–Crippen LogP) is 4.05. The summed E-state index contributed by atoms with van der Waals surface area (Å²) >= 11 is 0. The first-order valence-corrected chi connectivity index (χ1v) is 7.62. The molecule has 2 aromatic carbocycles. The Labute approximate surface area is 135 Å². The second-order valence-corrected chi connectivity index (χ2v) is 5.66. The molecule has 0 radical (unpaired) electrons. The Balaban J connectivity index is 2.32. The molecular formula is C20H19NO2. The average Bonchev–Trinajstić information content (AvgIpc) is 2.55. The molecule has 2 N–H and O–H groups in total. The van der Waals surface area contributed by atoms with E-state index in [-0.39, 0.29) is 11.7 Å². The third kappa shape index (κ3) is 2.83. The van der Waals surface area contributed by atoms with Crippen molar-refractivity contribution in [2.75, 3.05) is 0 Å². The van der Waals surface area contributed by atoms with Gasteiger partial charge in [-0.15, -0.1) is 0 Å². The molecule has 3 nitrogen and oxygen atoms in total. The van der Waals surface area contributed by atoms with Gasteiger partial charge >= 0.3 is 5.63 Å². The van der Waals surface area contributed by atoms with E-state index in [1.54, 1.807) is 12.1 Å². The highest BCUT2D eigenvalue weighted by molar-refractivity contribution is 5.90. The number of benzene rings is 2. The molecule has 3 aromatic rings. The van der Waals surface area contributed by atoms with Gasteiger partial charge in [0.1, 0.15) is 5.58 Å². The van der Waals surface area contributed by atoms with E-state index in [9.17, 15) is 4.79 Å². The first kappa shape index (κ1) is 15.3. The Morgan fingerprint density at radius 3 is 2.57 bits per heavy atom. The molecule has 116 valence electrons. The second-order valence-electron chi connectivity index (χ2n) is 5.66. The molecule has 1 atom stereocenters. The van der Waals surface area contributed by atoms with Crippen LogP contribution in [0.15, 0.2) is 64.3 Å². The molecule has 0 bridgehead atoms. The van der Waals surface area contributed by atoms with E-state index in [0.717, 1.165) is 22.1 Å². The van der Waals surface area contributed by atoms with E-state index < -0.39 is 0 Å². The summed E-state index contributed by atoms with van der Waals surface area (Å²) in [4.78, 5) is 12.5. The lowest BCUT2D eigenvalue weighted by atomic mass is 9.92. The minimum atomic E-state index is -0.324. The fraction of sp³-hybridized carbons (Fsp3) is 0.150. The van der Waals surface area contributed by atoms with Gasteiger partial charge < -0.3 is 10.2 Å². The molecule has 0 aliphatic rings. The van der Waals surface area contributed by atoms with Crippen LogP contribution in [0.4, 0.5) is 0 Å². The van der Waals surface area contributed by atoms with Gasteiger partial charge in [-0.3, -0.25) is 0 Å². The highest BCUT2D eigenvalue weighted by Crippen LogP contribution is 2.29. The molecule has 3 heteroatoms. The standard InChI is InChI=1S/C20H19NO2/c1-3-15-10-7-11-17-19(15)18(13(2)21)16(20(22)23-17)12-14-8-5-4-6-9-14/h3-11,13H,1,12,21H2,2H3. The number of hydrogen-bond donors (Lipinski definition) is 1. The zero-order chi connectivity index (χ0) is 16.4. The number of hydrogen-bond acceptors (Lipinski definition) is 3. The highest BCUT2D eigenvalue weighted by atomic mass is 16.4. The van der Waals surface area contributed by atoms with E-state index in [1.807, 2.05) is 49.4 Å². The summed E-state index contributed by atoms with van der Waals surface area (Å²) in [6.07, 6.45) is 2.27. The van der Waals surface area contributed by atoms with Gasteiger partial charge in [-0.2, -0.15) is 0 Å². The SMILES string of the molecule is C=Cc1cccc2oc(=O)c(Cc3ccccc3)c(C(C)N)c12. The van der Waals surface area contributed by atoms with Crippen LogP contribution in [-0.4, -0.2) is 0 Å². The largest absolute Gasteiger partial charge is 0.422 e. The van der Waals surface area contributed by atoms with Crippen molar-refractivity contribution in [3.05, 3.63) is 87.8 Å². The Morgan fingerprint density at radius 2 is 1.91 bits per heavy atom. The van der Waals surface area contributed by atoms with E-state index in [4.69, 9.17) is 10.2 Å². The maximum Gasteiger partial charge on any atom is 0.340 e. The molecule has 0 saturated carbocycles. The first-order chi connectivity index (χ1) is 11.1. The van der Waals surface area contributed by atoms with Crippen LogP contribution >= 0.6 is 0 Å². The lowest BCUT2D eigenvalue weighted by Crippen LogP contribution is -2.18. The minimum absolute atomic E-state index is 0.276. The average molecular weight is 305 g/mol. The molecular weight excluding hydrogens is 286 g/mol. The fourth-order valence-electron chi connectivity index (χ4n) is 2.98. The van der Waals surface area contributed by atoms with Gasteiger partial charge in [0, 0.05) is 23.4 Å². The van der Waals surface area contributed by atoms with Crippen molar-refractivity contribution in [1.82, 2.24) is 0 Å². The molecule has 0 aliphatic heterocycles. The molecule has 3 rings (SSSR count). The highest BCUT2D eigenvalue weighted by Gasteiger charge is 2.19. The number of nitrogens with two attached hydrogens (primary N) is 1. The Morgan fingerprint density at radius 1 is 1.17 bits per heavy atom. The van der Waals surface area contributed by atoms with Crippen LogP contribution in [0.3, 0.4) is 0 Å². The molecule has 1 heterocycles. The van der Waals surface area contributed by atoms with Crippen LogP contribution in [-0.2, 0) is 6.42 Å². The van der Waals surface area contributed by atoms with Crippen LogP contribution < -0.4 is 11.4 Å². The van der Waals surface area contributed by atoms with Gasteiger partial charge in [0.15, 0.2) is 0 Å². The van der Waals surface area contributed by atoms with Crippen molar-refractivity contribution < 1.29 is 4.42 Å². The van der Waals surface area contributed by atoms with Gasteiger partial charge in [-0.25, -0.2) is 4.79 Å². The number of fused-ring (bicyclic) bond motifs is 1. The summed E-state index contributed by atoms with van der Waals surface area (Å²) in [5.41, 5.74) is 9.88. The number of rotatable bonds is 4. The molecule has 1 aromatic heterocycles. The van der Waals surface area contributed by atoms with Crippen LogP contribution in [0.5, 0.6) is 0 Å². The lowest BCUT2D eigenvalue weighted by Gasteiger charge is -2.16. The molecule has 1 unspecified atom stereocenters. The molecule has 23 heavy (non-hydrogen) atoms. The van der Waals surface area contributed by atoms with Gasteiger partial charge in [0.2, 0.25) is 0 Å². The van der Waals surface area contributed by atoms with E-state index in [1.165, 1.54) is 0 Å². The Bertz CT molecular complexity index is 908. The van der Waals surface area contributed by atoms with Gasteiger partial charge in [-0.1, -0.05) is 55.1 Å². The van der Waals surface area contributed by atoms with Crippen molar-refractivity contribution in [1.29, 1.82) is 0 Å². The maximum atomic E-state index is 12.5. The van der Waals surface area contributed by atoms with Gasteiger partial charge in [0.25, 0.3) is 0 Å². The zero-order valence-corrected chi connectivity index (χ0v) is 13.1. The lowest BCUT2D eigenvalue weighted by molar-refractivity contribution is 0.547. The molecule has 0 spiro atoms.